The summed E-state index contributed by atoms with van der Waals surface area (Å²) in [4.78, 5) is 16.6. The summed E-state index contributed by atoms with van der Waals surface area (Å²) >= 11 is 0. The molecule has 0 saturated carbocycles. The molecule has 0 aliphatic heterocycles. The van der Waals surface area contributed by atoms with E-state index in [2.05, 4.69) is 17.1 Å². The molecule has 3 nitrogen and oxygen atoms in total. The van der Waals surface area contributed by atoms with Gasteiger partial charge >= 0.3 is 0 Å². The van der Waals surface area contributed by atoms with Gasteiger partial charge in [0.2, 0.25) is 0 Å². The Morgan fingerprint density at radius 2 is 1.79 bits per heavy atom. The highest BCUT2D eigenvalue weighted by Gasteiger charge is 2.03. The lowest BCUT2D eigenvalue weighted by atomic mass is 10.1. The summed E-state index contributed by atoms with van der Waals surface area (Å²) in [6.45, 7) is 2.60. The van der Waals surface area contributed by atoms with Crippen LogP contribution in [0.3, 0.4) is 0 Å². The molecule has 1 heterocycles. The van der Waals surface area contributed by atoms with E-state index in [1.54, 1.807) is 10.9 Å². The lowest BCUT2D eigenvalue weighted by molar-refractivity contribution is 0.748. The second-order valence-corrected chi connectivity index (χ2v) is 4.68. The number of hydrogen-bond acceptors (Lipinski definition) is 2. The van der Waals surface area contributed by atoms with Gasteiger partial charge in [0.05, 0.1) is 23.8 Å². The van der Waals surface area contributed by atoms with Crippen LogP contribution in [0, 0.1) is 6.92 Å². The van der Waals surface area contributed by atoms with Crippen molar-refractivity contribution < 1.29 is 0 Å². The normalized spacial score (nSPS) is 10.8. The van der Waals surface area contributed by atoms with Crippen LogP contribution in [0.5, 0.6) is 0 Å². The molecule has 19 heavy (non-hydrogen) atoms. The summed E-state index contributed by atoms with van der Waals surface area (Å²) in [6.07, 6.45) is 1.62. The zero-order valence-electron chi connectivity index (χ0n) is 10.7. The molecular formula is C16H14N2O. The van der Waals surface area contributed by atoms with E-state index >= 15 is 0 Å². The molecule has 0 N–H and O–H groups in total. The zero-order valence-corrected chi connectivity index (χ0v) is 10.7. The van der Waals surface area contributed by atoms with Crippen LogP contribution in [0.1, 0.15) is 11.1 Å². The van der Waals surface area contributed by atoms with Crippen molar-refractivity contribution in [1.82, 2.24) is 9.55 Å². The summed E-state index contributed by atoms with van der Waals surface area (Å²) < 4.78 is 1.65. The highest BCUT2D eigenvalue weighted by Crippen LogP contribution is 2.07. The van der Waals surface area contributed by atoms with E-state index in [0.29, 0.717) is 11.9 Å². The van der Waals surface area contributed by atoms with Gasteiger partial charge in [-0.25, -0.2) is 4.98 Å². The second-order valence-electron chi connectivity index (χ2n) is 4.68. The molecule has 0 bridgehead atoms. The van der Waals surface area contributed by atoms with Gasteiger partial charge in [-0.3, -0.25) is 9.36 Å². The maximum Gasteiger partial charge on any atom is 0.261 e. The molecule has 1 aromatic heterocycles. The first-order chi connectivity index (χ1) is 9.24. The number of nitrogens with zero attached hydrogens (tertiary/aromatic N) is 2. The minimum Gasteiger partial charge on any atom is -0.294 e. The van der Waals surface area contributed by atoms with E-state index in [0.717, 1.165) is 11.1 Å². The van der Waals surface area contributed by atoms with Gasteiger partial charge in [-0.1, -0.05) is 42.0 Å². The number of aromatic nitrogens is 2. The van der Waals surface area contributed by atoms with Crippen molar-refractivity contribution in [2.45, 2.75) is 13.5 Å². The quantitative estimate of drug-likeness (QED) is 0.701. The zero-order chi connectivity index (χ0) is 13.2. The maximum atomic E-state index is 12.3. The average molecular weight is 250 g/mol. The van der Waals surface area contributed by atoms with Gasteiger partial charge in [-0.15, -0.1) is 0 Å². The fourth-order valence-corrected chi connectivity index (χ4v) is 2.11. The Morgan fingerprint density at radius 3 is 2.58 bits per heavy atom. The molecule has 2 aromatic carbocycles. The summed E-state index contributed by atoms with van der Waals surface area (Å²) in [5.74, 6) is 0. The molecule has 0 radical (unpaired) electrons. The Bertz CT molecular complexity index is 773. The topological polar surface area (TPSA) is 34.9 Å². The number of fused-ring (bicyclic) bond motifs is 1. The fourth-order valence-electron chi connectivity index (χ4n) is 2.11. The predicted octanol–water partition coefficient (Wildman–Crippen LogP) is 2.75. The second kappa shape index (κ2) is 4.69. The van der Waals surface area contributed by atoms with Crippen molar-refractivity contribution in [2.75, 3.05) is 0 Å². The molecule has 0 amide bonds. The Balaban J connectivity index is 2.04. The van der Waals surface area contributed by atoms with Gasteiger partial charge in [-0.2, -0.15) is 0 Å². The molecule has 0 saturated heterocycles. The number of hydrogen-bond donors (Lipinski definition) is 0. The number of benzene rings is 2. The van der Waals surface area contributed by atoms with Crippen LogP contribution in [0.25, 0.3) is 10.9 Å². The molecule has 3 rings (SSSR count). The van der Waals surface area contributed by atoms with Crippen molar-refractivity contribution in [1.29, 1.82) is 0 Å². The van der Waals surface area contributed by atoms with Crippen LogP contribution in [-0.2, 0) is 6.54 Å². The number of para-hydroxylation sites is 1. The Morgan fingerprint density at radius 1 is 1.05 bits per heavy atom. The van der Waals surface area contributed by atoms with Crippen LogP contribution >= 0.6 is 0 Å². The van der Waals surface area contributed by atoms with Gasteiger partial charge in [-0.05, 0) is 24.6 Å². The predicted molar refractivity (Wildman–Crippen MR) is 76.3 cm³/mol. The largest absolute Gasteiger partial charge is 0.294 e. The average Bonchev–Trinajstić information content (AvgIpc) is 2.45. The third-order valence-corrected chi connectivity index (χ3v) is 3.21. The third-order valence-electron chi connectivity index (χ3n) is 3.21. The monoisotopic (exact) mass is 250 g/mol. The SMILES string of the molecule is Cc1ccc(Cn2cnc3ccccc3c2=O)cc1. The first-order valence-corrected chi connectivity index (χ1v) is 6.24. The molecule has 0 atom stereocenters. The third kappa shape index (κ3) is 2.27. The highest BCUT2D eigenvalue weighted by molar-refractivity contribution is 5.76. The van der Waals surface area contributed by atoms with Crippen LogP contribution in [-0.4, -0.2) is 9.55 Å². The molecular weight excluding hydrogens is 236 g/mol. The summed E-state index contributed by atoms with van der Waals surface area (Å²) in [6, 6.07) is 15.6. The van der Waals surface area contributed by atoms with Gasteiger partial charge < -0.3 is 0 Å². The molecule has 3 aromatic rings. The first kappa shape index (κ1) is 11.7. The minimum atomic E-state index is 0.00572. The lowest BCUT2D eigenvalue weighted by Gasteiger charge is -2.07. The van der Waals surface area contributed by atoms with Gasteiger partial charge in [0.1, 0.15) is 0 Å². The molecule has 0 aliphatic rings. The number of rotatable bonds is 2. The van der Waals surface area contributed by atoms with Crippen LogP contribution in [0.2, 0.25) is 0 Å². The summed E-state index contributed by atoms with van der Waals surface area (Å²) in [5.41, 5.74) is 3.07. The van der Waals surface area contributed by atoms with Crippen molar-refractivity contribution in [3.8, 4) is 0 Å². The maximum absolute atomic E-state index is 12.3. The van der Waals surface area contributed by atoms with E-state index in [1.807, 2.05) is 43.3 Å². The van der Waals surface area contributed by atoms with Crippen LogP contribution in [0.4, 0.5) is 0 Å². The molecule has 94 valence electrons. The van der Waals surface area contributed by atoms with Crippen molar-refractivity contribution in [3.63, 3.8) is 0 Å². The van der Waals surface area contributed by atoms with Crippen molar-refractivity contribution in [3.05, 3.63) is 76.3 Å². The van der Waals surface area contributed by atoms with Crippen molar-refractivity contribution in [2.24, 2.45) is 0 Å². The first-order valence-electron chi connectivity index (χ1n) is 6.24. The molecule has 3 heteroatoms. The Kier molecular flexibility index (Phi) is 2.88. The molecule has 0 unspecified atom stereocenters. The van der Waals surface area contributed by atoms with Crippen molar-refractivity contribution >= 4 is 10.9 Å². The van der Waals surface area contributed by atoms with Gasteiger partial charge in [0.25, 0.3) is 5.56 Å². The Hall–Kier alpha value is -2.42. The van der Waals surface area contributed by atoms with E-state index in [9.17, 15) is 4.79 Å². The summed E-state index contributed by atoms with van der Waals surface area (Å²) in [7, 11) is 0. The molecule has 0 fully saturated rings. The number of aryl methyl sites for hydroxylation is 1. The van der Waals surface area contributed by atoms with Crippen LogP contribution in [0.15, 0.2) is 59.7 Å². The molecule has 0 aliphatic carbocycles. The van der Waals surface area contributed by atoms with Gasteiger partial charge in [0, 0.05) is 0 Å². The van der Waals surface area contributed by atoms with Gasteiger partial charge in [0.15, 0.2) is 0 Å². The van der Waals surface area contributed by atoms with E-state index in [4.69, 9.17) is 0 Å². The van der Waals surface area contributed by atoms with E-state index in [1.165, 1.54) is 5.56 Å². The highest BCUT2D eigenvalue weighted by atomic mass is 16.1. The minimum absolute atomic E-state index is 0.00572. The molecule has 0 spiro atoms. The smallest absolute Gasteiger partial charge is 0.261 e. The Labute approximate surface area is 111 Å². The van der Waals surface area contributed by atoms with E-state index < -0.39 is 0 Å². The van der Waals surface area contributed by atoms with Crippen LogP contribution < -0.4 is 5.56 Å². The standard InChI is InChI=1S/C16H14N2O/c1-12-6-8-13(9-7-12)10-18-11-17-15-5-3-2-4-14(15)16(18)19/h2-9,11H,10H2,1H3. The summed E-state index contributed by atoms with van der Waals surface area (Å²) in [5, 5.41) is 0.664. The lowest BCUT2D eigenvalue weighted by Crippen LogP contribution is -2.21. The fraction of sp³-hybridized carbons (Fsp3) is 0.125. The van der Waals surface area contributed by atoms with E-state index in [-0.39, 0.29) is 5.56 Å².